The Hall–Kier alpha value is -2.04. The molecule has 0 atom stereocenters. The molecule has 5 heteroatoms. The molecule has 0 saturated carbocycles. The maximum atomic E-state index is 11.4. The monoisotopic (exact) mass is 221 g/mol. The summed E-state index contributed by atoms with van der Waals surface area (Å²) in [6.45, 7) is 2.54. The summed E-state index contributed by atoms with van der Waals surface area (Å²) >= 11 is 0. The Bertz CT molecular complexity index is 391. The lowest BCUT2D eigenvalue weighted by molar-refractivity contribution is 0.100. The molecule has 0 saturated heterocycles. The highest BCUT2D eigenvalue weighted by Crippen LogP contribution is 2.13. The van der Waals surface area contributed by atoms with E-state index in [0.717, 1.165) is 6.42 Å². The van der Waals surface area contributed by atoms with E-state index in [9.17, 15) is 9.59 Å². The Morgan fingerprint density at radius 2 is 2.00 bits per heavy atom. The van der Waals surface area contributed by atoms with Crippen molar-refractivity contribution in [2.24, 2.45) is 5.73 Å². The van der Waals surface area contributed by atoms with Gasteiger partial charge in [-0.25, -0.2) is 4.79 Å². The van der Waals surface area contributed by atoms with Crippen molar-refractivity contribution in [3.8, 4) is 0 Å². The number of rotatable bonds is 4. The topological polar surface area (TPSA) is 84.2 Å². The van der Waals surface area contributed by atoms with Gasteiger partial charge in [-0.2, -0.15) is 0 Å². The van der Waals surface area contributed by atoms with E-state index in [2.05, 4.69) is 10.6 Å². The van der Waals surface area contributed by atoms with Crippen molar-refractivity contribution < 1.29 is 9.59 Å². The van der Waals surface area contributed by atoms with Crippen LogP contribution in [0.3, 0.4) is 0 Å². The average Bonchev–Trinajstić information content (AvgIpc) is 2.27. The van der Waals surface area contributed by atoms with E-state index in [4.69, 9.17) is 5.73 Å². The maximum absolute atomic E-state index is 11.4. The van der Waals surface area contributed by atoms with Gasteiger partial charge in [0.2, 0.25) is 0 Å². The first-order valence-corrected chi connectivity index (χ1v) is 5.08. The zero-order valence-electron chi connectivity index (χ0n) is 9.12. The number of benzene rings is 1. The Morgan fingerprint density at radius 3 is 2.62 bits per heavy atom. The second-order valence-corrected chi connectivity index (χ2v) is 3.29. The lowest BCUT2D eigenvalue weighted by Gasteiger charge is -2.09. The zero-order chi connectivity index (χ0) is 12.0. The van der Waals surface area contributed by atoms with Gasteiger partial charge in [-0.3, -0.25) is 4.79 Å². The van der Waals surface area contributed by atoms with Crippen molar-refractivity contribution >= 4 is 17.6 Å². The van der Waals surface area contributed by atoms with E-state index in [0.29, 0.717) is 17.8 Å². The number of amides is 3. The highest BCUT2D eigenvalue weighted by molar-refractivity contribution is 6.02. The fourth-order valence-electron chi connectivity index (χ4n) is 1.21. The molecule has 5 nitrogen and oxygen atoms in total. The molecule has 0 bridgehead atoms. The molecule has 0 aliphatic rings. The van der Waals surface area contributed by atoms with E-state index in [1.165, 1.54) is 0 Å². The molecule has 0 spiro atoms. The quantitative estimate of drug-likeness (QED) is 0.716. The third-order valence-electron chi connectivity index (χ3n) is 1.98. The van der Waals surface area contributed by atoms with Gasteiger partial charge in [0.05, 0.1) is 11.3 Å². The second kappa shape index (κ2) is 5.75. The SMILES string of the molecule is CCCNC(=O)Nc1ccccc1C(N)=O. The molecule has 1 aromatic rings. The molecular formula is C11H15N3O2. The number of para-hydroxylation sites is 1. The molecule has 1 aromatic carbocycles. The molecule has 0 aromatic heterocycles. The number of carbonyl (C=O) groups is 2. The smallest absolute Gasteiger partial charge is 0.319 e. The summed E-state index contributed by atoms with van der Waals surface area (Å²) in [7, 11) is 0. The van der Waals surface area contributed by atoms with Crippen LogP contribution in [-0.4, -0.2) is 18.5 Å². The van der Waals surface area contributed by atoms with Crippen LogP contribution in [0.15, 0.2) is 24.3 Å². The van der Waals surface area contributed by atoms with Gasteiger partial charge in [-0.15, -0.1) is 0 Å². The van der Waals surface area contributed by atoms with Crippen LogP contribution < -0.4 is 16.4 Å². The van der Waals surface area contributed by atoms with Gasteiger partial charge in [-0.1, -0.05) is 19.1 Å². The van der Waals surface area contributed by atoms with Crippen LogP contribution >= 0.6 is 0 Å². The van der Waals surface area contributed by atoms with Crippen molar-refractivity contribution in [2.75, 3.05) is 11.9 Å². The molecule has 0 unspecified atom stereocenters. The summed E-state index contributed by atoms with van der Waals surface area (Å²) in [5.41, 5.74) is 5.90. The number of carbonyl (C=O) groups excluding carboxylic acids is 2. The maximum Gasteiger partial charge on any atom is 0.319 e. The molecule has 3 amide bonds. The lowest BCUT2D eigenvalue weighted by atomic mass is 10.1. The Balaban J connectivity index is 2.73. The number of primary amides is 1. The molecule has 0 fully saturated rings. The first kappa shape index (κ1) is 12.0. The standard InChI is InChI=1S/C11H15N3O2/c1-2-7-13-11(16)14-9-6-4-3-5-8(9)10(12)15/h3-6H,2,7H2,1H3,(H2,12,15)(H2,13,14,16). The molecule has 0 radical (unpaired) electrons. The molecular weight excluding hydrogens is 206 g/mol. The Kier molecular flexibility index (Phi) is 4.32. The van der Waals surface area contributed by atoms with Crippen molar-refractivity contribution in [3.05, 3.63) is 29.8 Å². The van der Waals surface area contributed by atoms with Crippen LogP contribution in [0.1, 0.15) is 23.7 Å². The molecule has 16 heavy (non-hydrogen) atoms. The van der Waals surface area contributed by atoms with Crippen molar-refractivity contribution in [1.29, 1.82) is 0 Å². The first-order valence-electron chi connectivity index (χ1n) is 5.08. The van der Waals surface area contributed by atoms with Gasteiger partial charge in [0.15, 0.2) is 0 Å². The van der Waals surface area contributed by atoms with E-state index >= 15 is 0 Å². The Morgan fingerprint density at radius 1 is 1.31 bits per heavy atom. The van der Waals surface area contributed by atoms with Crippen LogP contribution in [0.25, 0.3) is 0 Å². The summed E-state index contributed by atoms with van der Waals surface area (Å²) in [5, 5.41) is 5.22. The summed E-state index contributed by atoms with van der Waals surface area (Å²) in [5.74, 6) is -0.564. The summed E-state index contributed by atoms with van der Waals surface area (Å²) in [4.78, 5) is 22.4. The van der Waals surface area contributed by atoms with Gasteiger partial charge in [0.25, 0.3) is 5.91 Å². The fourth-order valence-corrected chi connectivity index (χ4v) is 1.21. The van der Waals surface area contributed by atoms with Crippen molar-refractivity contribution in [2.45, 2.75) is 13.3 Å². The number of nitrogens with one attached hydrogen (secondary N) is 2. The lowest BCUT2D eigenvalue weighted by Crippen LogP contribution is -2.30. The summed E-state index contributed by atoms with van der Waals surface area (Å²) in [6.07, 6.45) is 0.852. The van der Waals surface area contributed by atoms with E-state index in [1.54, 1.807) is 24.3 Å². The van der Waals surface area contributed by atoms with Crippen LogP contribution in [0.5, 0.6) is 0 Å². The number of nitrogens with two attached hydrogens (primary N) is 1. The minimum atomic E-state index is -0.564. The number of anilines is 1. The molecule has 4 N–H and O–H groups in total. The zero-order valence-corrected chi connectivity index (χ0v) is 9.12. The molecule has 0 heterocycles. The first-order chi connectivity index (χ1) is 7.65. The summed E-state index contributed by atoms with van der Waals surface area (Å²) < 4.78 is 0. The largest absolute Gasteiger partial charge is 0.366 e. The van der Waals surface area contributed by atoms with Crippen LogP contribution in [0.4, 0.5) is 10.5 Å². The number of urea groups is 1. The van der Waals surface area contributed by atoms with Gasteiger partial charge in [0, 0.05) is 6.54 Å². The highest BCUT2D eigenvalue weighted by Gasteiger charge is 2.09. The highest BCUT2D eigenvalue weighted by atomic mass is 16.2. The predicted octanol–water partition coefficient (Wildman–Crippen LogP) is 1.32. The van der Waals surface area contributed by atoms with Crippen LogP contribution in [0.2, 0.25) is 0 Å². The summed E-state index contributed by atoms with van der Waals surface area (Å²) in [6, 6.07) is 6.27. The van der Waals surface area contributed by atoms with E-state index in [-0.39, 0.29) is 6.03 Å². The molecule has 1 rings (SSSR count). The third-order valence-corrected chi connectivity index (χ3v) is 1.98. The second-order valence-electron chi connectivity index (χ2n) is 3.29. The Labute approximate surface area is 94.0 Å². The minimum absolute atomic E-state index is 0.300. The minimum Gasteiger partial charge on any atom is -0.366 e. The van der Waals surface area contributed by atoms with Crippen LogP contribution in [-0.2, 0) is 0 Å². The molecule has 0 aliphatic heterocycles. The number of hydrogen-bond donors (Lipinski definition) is 3. The third kappa shape index (κ3) is 3.27. The molecule has 86 valence electrons. The van der Waals surface area contributed by atoms with Gasteiger partial charge in [0.1, 0.15) is 0 Å². The van der Waals surface area contributed by atoms with E-state index in [1.807, 2.05) is 6.92 Å². The van der Waals surface area contributed by atoms with Crippen LogP contribution in [0, 0.1) is 0 Å². The van der Waals surface area contributed by atoms with Crippen molar-refractivity contribution in [1.82, 2.24) is 5.32 Å². The van der Waals surface area contributed by atoms with Crippen molar-refractivity contribution in [3.63, 3.8) is 0 Å². The predicted molar refractivity (Wildman–Crippen MR) is 62.3 cm³/mol. The average molecular weight is 221 g/mol. The fraction of sp³-hybridized carbons (Fsp3) is 0.273. The van der Waals surface area contributed by atoms with Gasteiger partial charge >= 0.3 is 6.03 Å². The molecule has 0 aliphatic carbocycles. The van der Waals surface area contributed by atoms with E-state index < -0.39 is 5.91 Å². The van der Waals surface area contributed by atoms with Gasteiger partial charge < -0.3 is 16.4 Å². The van der Waals surface area contributed by atoms with Gasteiger partial charge in [-0.05, 0) is 18.6 Å². The number of hydrogen-bond acceptors (Lipinski definition) is 2. The normalized spacial score (nSPS) is 9.56.